The molecular weight excluding hydrogens is 66.0 g/mol. The lowest BCUT2D eigenvalue weighted by Gasteiger charge is -1.79. The van der Waals surface area contributed by atoms with Crippen molar-refractivity contribution in [3.63, 3.8) is 0 Å². The van der Waals surface area contributed by atoms with E-state index in [2.05, 4.69) is 10.3 Å². The van der Waals surface area contributed by atoms with Crippen molar-refractivity contribution >= 4 is 0 Å². The standard InChI is InChI=1S/C3H6NO/c1-2-4-5-3-1/h3-4H,1-2H2. The molecule has 5 heavy (non-hydrogen) atoms. The van der Waals surface area contributed by atoms with Gasteiger partial charge in [-0.05, 0) is 6.42 Å². The van der Waals surface area contributed by atoms with Gasteiger partial charge in [-0.15, -0.1) is 0 Å². The quantitative estimate of drug-likeness (QED) is 0.437. The fraction of sp³-hybridized carbons (Fsp3) is 0.667. The van der Waals surface area contributed by atoms with Crippen molar-refractivity contribution in [1.29, 1.82) is 0 Å². The SMILES string of the molecule is [CH]1CCNO1. The molecule has 0 amide bonds. The lowest BCUT2D eigenvalue weighted by atomic mass is 10.5. The molecule has 0 unspecified atom stereocenters. The summed E-state index contributed by atoms with van der Waals surface area (Å²) >= 11 is 0. The Morgan fingerprint density at radius 2 is 2.80 bits per heavy atom. The van der Waals surface area contributed by atoms with Gasteiger partial charge in [0, 0.05) is 6.54 Å². The van der Waals surface area contributed by atoms with Gasteiger partial charge < -0.3 is 0 Å². The molecule has 0 atom stereocenters. The van der Waals surface area contributed by atoms with Crippen LogP contribution in [-0.4, -0.2) is 6.54 Å². The van der Waals surface area contributed by atoms with Crippen LogP contribution in [-0.2, 0) is 4.84 Å². The first-order valence-electron chi connectivity index (χ1n) is 1.70. The topological polar surface area (TPSA) is 21.3 Å². The Hall–Kier alpha value is -0.0800. The van der Waals surface area contributed by atoms with E-state index in [0.717, 1.165) is 13.0 Å². The van der Waals surface area contributed by atoms with E-state index < -0.39 is 0 Å². The van der Waals surface area contributed by atoms with E-state index in [0.29, 0.717) is 0 Å². The average molecular weight is 72.1 g/mol. The zero-order valence-electron chi connectivity index (χ0n) is 2.90. The summed E-state index contributed by atoms with van der Waals surface area (Å²) in [6.45, 7) is 2.72. The molecule has 1 fully saturated rings. The molecular formula is C3H6NO. The first-order valence-corrected chi connectivity index (χ1v) is 1.70. The highest BCUT2D eigenvalue weighted by Gasteiger charge is 1.94. The molecule has 1 rings (SSSR count). The molecule has 0 spiro atoms. The summed E-state index contributed by atoms with van der Waals surface area (Å²) in [7, 11) is 0. The van der Waals surface area contributed by atoms with Gasteiger partial charge in [0.2, 0.25) is 0 Å². The largest absolute Gasteiger partial charge is 0.296 e. The summed E-state index contributed by atoms with van der Waals surface area (Å²) < 4.78 is 0. The van der Waals surface area contributed by atoms with Crippen molar-refractivity contribution in [3.8, 4) is 0 Å². The van der Waals surface area contributed by atoms with E-state index in [9.17, 15) is 0 Å². The third kappa shape index (κ3) is 0.597. The lowest BCUT2D eigenvalue weighted by Crippen LogP contribution is -2.00. The third-order valence-electron chi connectivity index (χ3n) is 0.531. The molecule has 0 aromatic heterocycles. The molecule has 0 aliphatic carbocycles. The normalized spacial score (nSPS) is 24.0. The van der Waals surface area contributed by atoms with Crippen LogP contribution in [0.4, 0.5) is 0 Å². The van der Waals surface area contributed by atoms with Crippen molar-refractivity contribution in [2.75, 3.05) is 6.54 Å². The number of rotatable bonds is 0. The van der Waals surface area contributed by atoms with Gasteiger partial charge >= 0.3 is 0 Å². The fourth-order valence-electron chi connectivity index (χ4n) is 0.295. The monoisotopic (exact) mass is 72.0 g/mol. The minimum absolute atomic E-state index is 0.972. The van der Waals surface area contributed by atoms with Gasteiger partial charge in [0.1, 0.15) is 6.61 Å². The summed E-state index contributed by atoms with van der Waals surface area (Å²) in [5, 5.41) is 0. The Morgan fingerprint density at radius 3 is 3.00 bits per heavy atom. The molecule has 0 saturated carbocycles. The van der Waals surface area contributed by atoms with Gasteiger partial charge in [-0.2, -0.15) is 0 Å². The van der Waals surface area contributed by atoms with Crippen LogP contribution in [0.1, 0.15) is 6.42 Å². The molecule has 1 aliphatic rings. The van der Waals surface area contributed by atoms with Gasteiger partial charge in [-0.3, -0.25) is 4.84 Å². The van der Waals surface area contributed by atoms with Gasteiger partial charge in [-0.1, -0.05) is 0 Å². The van der Waals surface area contributed by atoms with E-state index >= 15 is 0 Å². The maximum atomic E-state index is 4.57. The van der Waals surface area contributed by atoms with Crippen molar-refractivity contribution in [3.05, 3.63) is 6.61 Å². The highest BCUT2D eigenvalue weighted by Crippen LogP contribution is 1.90. The summed E-state index contributed by atoms with van der Waals surface area (Å²) in [6, 6.07) is 0. The van der Waals surface area contributed by atoms with Gasteiger partial charge in [0.05, 0.1) is 0 Å². The summed E-state index contributed by atoms with van der Waals surface area (Å²) in [5.74, 6) is 0. The highest BCUT2D eigenvalue weighted by molar-refractivity contribution is 4.55. The van der Waals surface area contributed by atoms with Crippen molar-refractivity contribution in [2.24, 2.45) is 0 Å². The van der Waals surface area contributed by atoms with Gasteiger partial charge in [-0.25, -0.2) is 5.48 Å². The fourth-order valence-corrected chi connectivity index (χ4v) is 0.295. The number of hydroxylamine groups is 1. The van der Waals surface area contributed by atoms with E-state index in [1.165, 1.54) is 0 Å². The molecule has 29 valence electrons. The molecule has 2 nitrogen and oxygen atoms in total. The Morgan fingerprint density at radius 1 is 1.80 bits per heavy atom. The first kappa shape index (κ1) is 3.12. The molecule has 1 saturated heterocycles. The van der Waals surface area contributed by atoms with E-state index in [-0.39, 0.29) is 0 Å². The van der Waals surface area contributed by atoms with Crippen molar-refractivity contribution < 1.29 is 4.84 Å². The minimum Gasteiger partial charge on any atom is -0.296 e. The van der Waals surface area contributed by atoms with Gasteiger partial charge in [0.25, 0.3) is 0 Å². The number of nitrogens with one attached hydrogen (secondary N) is 1. The van der Waals surface area contributed by atoms with Crippen LogP contribution >= 0.6 is 0 Å². The van der Waals surface area contributed by atoms with Crippen molar-refractivity contribution in [1.82, 2.24) is 5.48 Å². The van der Waals surface area contributed by atoms with Gasteiger partial charge in [0.15, 0.2) is 0 Å². The van der Waals surface area contributed by atoms with Crippen LogP contribution in [0.15, 0.2) is 0 Å². The predicted octanol–water partition coefficient (Wildman–Crippen LogP) is 0.0731. The second kappa shape index (κ2) is 1.38. The van der Waals surface area contributed by atoms with Crippen molar-refractivity contribution in [2.45, 2.75) is 6.42 Å². The summed E-state index contributed by atoms with van der Waals surface area (Å²) in [4.78, 5) is 4.57. The van der Waals surface area contributed by atoms with Crippen LogP contribution in [0.5, 0.6) is 0 Å². The molecule has 0 aromatic rings. The zero-order valence-corrected chi connectivity index (χ0v) is 2.90. The number of hydrogen-bond donors (Lipinski definition) is 1. The third-order valence-corrected chi connectivity index (χ3v) is 0.531. The Balaban J connectivity index is 2.08. The molecule has 2 heteroatoms. The second-order valence-corrected chi connectivity index (χ2v) is 0.968. The van der Waals surface area contributed by atoms with E-state index in [1.54, 1.807) is 6.61 Å². The summed E-state index contributed by atoms with van der Waals surface area (Å²) in [6.07, 6.45) is 1.04. The minimum atomic E-state index is 0.972. The first-order chi connectivity index (χ1) is 2.50. The van der Waals surface area contributed by atoms with E-state index in [1.807, 2.05) is 0 Å². The zero-order chi connectivity index (χ0) is 3.54. The number of hydrogen-bond acceptors (Lipinski definition) is 2. The Kier molecular flexibility index (Phi) is 0.862. The van der Waals surface area contributed by atoms with Crippen LogP contribution in [0.3, 0.4) is 0 Å². The molecule has 0 bridgehead atoms. The second-order valence-electron chi connectivity index (χ2n) is 0.968. The highest BCUT2D eigenvalue weighted by atomic mass is 16.6. The Labute approximate surface area is 31.1 Å². The van der Waals surface area contributed by atoms with Crippen LogP contribution in [0, 0.1) is 6.61 Å². The average Bonchev–Trinajstić information content (AvgIpc) is 1.76. The molecule has 1 N–H and O–H groups in total. The van der Waals surface area contributed by atoms with Crippen LogP contribution in [0.2, 0.25) is 0 Å². The molecule has 1 aliphatic heterocycles. The molecule has 1 heterocycles. The van der Waals surface area contributed by atoms with Crippen LogP contribution < -0.4 is 5.48 Å². The van der Waals surface area contributed by atoms with E-state index in [4.69, 9.17) is 0 Å². The predicted molar refractivity (Wildman–Crippen MR) is 18.0 cm³/mol. The summed E-state index contributed by atoms with van der Waals surface area (Å²) in [5.41, 5.74) is 2.67. The maximum Gasteiger partial charge on any atom is 0.108 e. The Bertz CT molecular complexity index is 18.5. The smallest absolute Gasteiger partial charge is 0.108 e. The molecule has 0 aromatic carbocycles. The molecule has 1 radical (unpaired) electrons. The maximum absolute atomic E-state index is 4.57. The van der Waals surface area contributed by atoms with Crippen LogP contribution in [0.25, 0.3) is 0 Å². The lowest BCUT2D eigenvalue weighted by molar-refractivity contribution is 0.148.